The number of benzene rings is 2. The summed E-state index contributed by atoms with van der Waals surface area (Å²) in [6.45, 7) is 2.92. The zero-order valence-electron chi connectivity index (χ0n) is 19.6. The average Bonchev–Trinajstić information content (AvgIpc) is 2.81. The van der Waals surface area contributed by atoms with Crippen molar-refractivity contribution in [1.29, 1.82) is 0 Å². The molecule has 2 rings (SSSR count). The van der Waals surface area contributed by atoms with Gasteiger partial charge in [-0.2, -0.15) is 0 Å². The molecule has 3 N–H and O–H groups in total. The molecule has 0 fully saturated rings. The largest absolute Gasteiger partial charge is 0.465 e. The first-order valence-corrected chi connectivity index (χ1v) is 12.2. The summed E-state index contributed by atoms with van der Waals surface area (Å²) in [5.74, 6) is -1.25. The van der Waals surface area contributed by atoms with Gasteiger partial charge in [0.05, 0.1) is 17.5 Å². The van der Waals surface area contributed by atoms with Gasteiger partial charge < -0.3 is 20.7 Å². The van der Waals surface area contributed by atoms with E-state index in [2.05, 4.69) is 5.32 Å². The standard InChI is InChI=1S/C24H28B2Cl2FN3O3/c1-2-35-22(34)24(26,16-18-3-7-19(29)8-4-18)31-21(33)23(25,30)15-17-5-9-20(10-6-17)32(13-11-27)14-12-28/h3-10H,2,11-16,30H2,1H3,(H,31,33). The molecule has 0 aliphatic heterocycles. The Morgan fingerprint density at radius 1 is 1.00 bits per heavy atom. The molecule has 0 aliphatic rings. The molecule has 0 bridgehead atoms. The fourth-order valence-electron chi connectivity index (χ4n) is 3.49. The third-order valence-corrected chi connectivity index (χ3v) is 5.64. The van der Waals surface area contributed by atoms with E-state index in [-0.39, 0.29) is 19.4 Å². The van der Waals surface area contributed by atoms with Crippen LogP contribution in [0.3, 0.4) is 0 Å². The minimum absolute atomic E-state index is 0.0282. The summed E-state index contributed by atoms with van der Waals surface area (Å²) in [6.07, 6.45) is -0.181. The highest BCUT2D eigenvalue weighted by molar-refractivity contribution is 6.32. The first-order valence-electron chi connectivity index (χ1n) is 11.1. The van der Waals surface area contributed by atoms with Gasteiger partial charge in [0.2, 0.25) is 5.91 Å². The van der Waals surface area contributed by atoms with E-state index in [1.807, 2.05) is 17.0 Å². The molecule has 2 aromatic carbocycles. The van der Waals surface area contributed by atoms with Crippen molar-refractivity contribution in [1.82, 2.24) is 5.32 Å². The lowest BCUT2D eigenvalue weighted by molar-refractivity contribution is -0.149. The molecule has 0 saturated heterocycles. The number of halogens is 3. The van der Waals surface area contributed by atoms with Crippen molar-refractivity contribution < 1.29 is 18.7 Å². The summed E-state index contributed by atoms with van der Waals surface area (Å²) in [6, 6.07) is 12.7. The second kappa shape index (κ2) is 13.2. The molecule has 2 unspecified atom stereocenters. The highest BCUT2D eigenvalue weighted by Gasteiger charge is 2.40. The highest BCUT2D eigenvalue weighted by atomic mass is 35.5. The lowest BCUT2D eigenvalue weighted by atomic mass is 9.69. The number of carbonyl (C=O) groups is 2. The Bertz CT molecular complexity index is 975. The van der Waals surface area contributed by atoms with Crippen LogP contribution in [-0.4, -0.2) is 69.9 Å². The van der Waals surface area contributed by atoms with Gasteiger partial charge in [-0.25, -0.2) is 4.39 Å². The number of hydrogen-bond acceptors (Lipinski definition) is 5. The van der Waals surface area contributed by atoms with Gasteiger partial charge in [0.25, 0.3) is 0 Å². The van der Waals surface area contributed by atoms with Crippen LogP contribution in [0.1, 0.15) is 18.1 Å². The maximum Gasteiger partial charge on any atom is 0.322 e. The van der Waals surface area contributed by atoms with Gasteiger partial charge in [-0.15, -0.1) is 23.2 Å². The predicted octanol–water partition coefficient (Wildman–Crippen LogP) is 2.26. The molecule has 2 atom stereocenters. The van der Waals surface area contributed by atoms with Crippen LogP contribution < -0.4 is 16.0 Å². The Morgan fingerprint density at radius 2 is 1.51 bits per heavy atom. The zero-order chi connectivity index (χ0) is 26.1. The van der Waals surface area contributed by atoms with E-state index in [0.717, 1.165) is 5.69 Å². The van der Waals surface area contributed by atoms with E-state index in [9.17, 15) is 14.0 Å². The lowest BCUT2D eigenvalue weighted by Crippen LogP contribution is -2.65. The maximum atomic E-state index is 13.3. The molecule has 0 saturated carbocycles. The van der Waals surface area contributed by atoms with Crippen molar-refractivity contribution in [3.05, 3.63) is 65.5 Å². The monoisotopic (exact) mass is 517 g/mol. The van der Waals surface area contributed by atoms with E-state index in [1.165, 1.54) is 24.3 Å². The second-order valence-electron chi connectivity index (χ2n) is 8.20. The molecule has 2 aromatic rings. The number of carbonyl (C=O) groups excluding carboxylic acids is 2. The van der Waals surface area contributed by atoms with Crippen molar-refractivity contribution >= 4 is 56.5 Å². The molecular formula is C24H28B2Cl2FN3O3. The number of nitrogens with zero attached hydrogens (tertiary/aromatic N) is 1. The van der Waals surface area contributed by atoms with Crippen LogP contribution in [0.4, 0.5) is 10.1 Å². The summed E-state index contributed by atoms with van der Waals surface area (Å²) < 4.78 is 18.3. The quantitative estimate of drug-likeness (QED) is 0.242. The van der Waals surface area contributed by atoms with E-state index >= 15 is 0 Å². The number of esters is 1. The number of alkyl halides is 2. The van der Waals surface area contributed by atoms with Gasteiger partial charge in [-0.1, -0.05) is 24.3 Å². The minimum atomic E-state index is -1.96. The van der Waals surface area contributed by atoms with Gasteiger partial charge in [0.15, 0.2) is 0 Å². The SMILES string of the molecule is [B]C(N)(Cc1ccc(N(CCCl)CCCl)cc1)C(=O)NC([B])(Cc1ccc(F)cc1)C(=O)OCC. The number of nitrogens with one attached hydrogen (secondary N) is 1. The number of amides is 1. The second-order valence-corrected chi connectivity index (χ2v) is 8.95. The normalized spacial score (nSPS) is 14.4. The molecule has 35 heavy (non-hydrogen) atoms. The molecular weight excluding hydrogens is 490 g/mol. The van der Waals surface area contributed by atoms with Gasteiger partial charge in [0, 0.05) is 30.5 Å². The summed E-state index contributed by atoms with van der Waals surface area (Å²) in [5.41, 5.74) is 4.43. The van der Waals surface area contributed by atoms with Gasteiger partial charge in [-0.3, -0.25) is 9.59 Å². The van der Waals surface area contributed by atoms with E-state index < -0.39 is 28.6 Å². The van der Waals surface area contributed by atoms with Crippen molar-refractivity contribution in [2.75, 3.05) is 36.4 Å². The third-order valence-electron chi connectivity index (χ3n) is 5.30. The number of anilines is 1. The topological polar surface area (TPSA) is 84.7 Å². The van der Waals surface area contributed by atoms with Gasteiger partial charge in [-0.05, 0) is 55.2 Å². The third kappa shape index (κ3) is 8.44. The van der Waals surface area contributed by atoms with Crippen LogP contribution in [0, 0.1) is 5.82 Å². The van der Waals surface area contributed by atoms with E-state index in [0.29, 0.717) is 36.0 Å². The molecule has 4 radical (unpaired) electrons. The van der Waals surface area contributed by atoms with Crippen molar-refractivity contribution in [3.63, 3.8) is 0 Å². The first-order chi connectivity index (χ1) is 16.5. The molecule has 0 heterocycles. The molecule has 184 valence electrons. The van der Waals surface area contributed by atoms with E-state index in [1.54, 1.807) is 19.1 Å². The maximum absolute atomic E-state index is 13.3. The van der Waals surface area contributed by atoms with Crippen LogP contribution in [0.25, 0.3) is 0 Å². The van der Waals surface area contributed by atoms with Crippen LogP contribution >= 0.6 is 23.2 Å². The minimum Gasteiger partial charge on any atom is -0.465 e. The Kier molecular flexibility index (Phi) is 10.9. The Morgan fingerprint density at radius 3 is 2.03 bits per heavy atom. The summed E-state index contributed by atoms with van der Waals surface area (Å²) in [4.78, 5) is 27.7. The smallest absolute Gasteiger partial charge is 0.322 e. The van der Waals surface area contributed by atoms with Crippen molar-refractivity contribution in [2.45, 2.75) is 30.6 Å². The summed E-state index contributed by atoms with van der Waals surface area (Å²) in [7, 11) is 12.4. The highest BCUT2D eigenvalue weighted by Crippen LogP contribution is 2.19. The molecule has 1 amide bonds. The number of rotatable bonds is 13. The predicted molar refractivity (Wildman–Crippen MR) is 140 cm³/mol. The summed E-state index contributed by atoms with van der Waals surface area (Å²) >= 11 is 11.7. The number of nitrogens with two attached hydrogens (primary N) is 1. The Hall–Kier alpha value is -2.22. The molecule has 0 spiro atoms. The zero-order valence-corrected chi connectivity index (χ0v) is 21.1. The van der Waals surface area contributed by atoms with Crippen LogP contribution in [0.2, 0.25) is 0 Å². The molecule has 0 aromatic heterocycles. The first kappa shape index (κ1) is 29.0. The van der Waals surface area contributed by atoms with Crippen molar-refractivity contribution in [3.8, 4) is 0 Å². The molecule has 6 nitrogen and oxygen atoms in total. The Balaban J connectivity index is 2.17. The number of ether oxygens (including phenoxy) is 1. The average molecular weight is 518 g/mol. The van der Waals surface area contributed by atoms with Gasteiger partial charge >= 0.3 is 5.97 Å². The van der Waals surface area contributed by atoms with Crippen LogP contribution in [0.15, 0.2) is 48.5 Å². The summed E-state index contributed by atoms with van der Waals surface area (Å²) in [5, 5.41) is 2.45. The van der Waals surface area contributed by atoms with E-state index in [4.69, 9.17) is 49.4 Å². The molecule has 11 heteroatoms. The van der Waals surface area contributed by atoms with Crippen LogP contribution in [0.5, 0.6) is 0 Å². The number of hydrogen-bond donors (Lipinski definition) is 2. The molecule has 0 aliphatic carbocycles. The van der Waals surface area contributed by atoms with Gasteiger partial charge in [0.1, 0.15) is 21.5 Å². The Labute approximate surface area is 218 Å². The fraction of sp³-hybridized carbons (Fsp3) is 0.417. The lowest BCUT2D eigenvalue weighted by Gasteiger charge is -2.34. The fourth-order valence-corrected chi connectivity index (χ4v) is 3.90. The van der Waals surface area contributed by atoms with Crippen molar-refractivity contribution in [2.24, 2.45) is 5.73 Å². The van der Waals surface area contributed by atoms with Crippen LogP contribution in [-0.2, 0) is 27.2 Å².